The van der Waals surface area contributed by atoms with Gasteiger partial charge in [0, 0.05) is 0 Å². The number of Topliss-reactive ketones (excluding diaryl/α,β-unsaturated/α-hetero) is 1. The van der Waals surface area contributed by atoms with Crippen LogP contribution in [0.15, 0.2) is 23.1 Å². The summed E-state index contributed by atoms with van der Waals surface area (Å²) in [5.74, 6) is 1.66. The number of aryl methyl sites for hydroxylation is 1. The van der Waals surface area contributed by atoms with E-state index in [1.54, 1.807) is 6.08 Å². The lowest BCUT2D eigenvalue weighted by Gasteiger charge is -2.21. The number of rotatable bonds is 5. The Labute approximate surface area is 147 Å². The summed E-state index contributed by atoms with van der Waals surface area (Å²) in [5.41, 5.74) is 2.01. The zero-order valence-electron chi connectivity index (χ0n) is 14.2. The fourth-order valence-corrected chi connectivity index (χ4v) is 4.26. The van der Waals surface area contributed by atoms with Crippen LogP contribution >= 0.6 is 11.8 Å². The Morgan fingerprint density at radius 3 is 2.67 bits per heavy atom. The normalized spacial score (nSPS) is 20.8. The second kappa shape index (κ2) is 8.02. The molecule has 1 aliphatic carbocycles. The van der Waals surface area contributed by atoms with Crippen LogP contribution in [0.5, 0.6) is 5.75 Å². The number of ether oxygens (including phenoxy) is 1. The van der Waals surface area contributed by atoms with Gasteiger partial charge < -0.3 is 4.74 Å². The van der Waals surface area contributed by atoms with Crippen LogP contribution in [0, 0.1) is 12.8 Å². The number of hydrogen-bond acceptors (Lipinski definition) is 4. The van der Waals surface area contributed by atoms with E-state index in [1.165, 1.54) is 32.1 Å². The summed E-state index contributed by atoms with van der Waals surface area (Å²) in [6, 6.07) is 5.93. The van der Waals surface area contributed by atoms with Crippen LogP contribution in [0.4, 0.5) is 0 Å². The summed E-state index contributed by atoms with van der Waals surface area (Å²) in [5, 5.41) is -0.0642. The lowest BCUT2D eigenvalue weighted by Crippen LogP contribution is -2.11. The first-order chi connectivity index (χ1) is 11.6. The molecule has 128 valence electrons. The summed E-state index contributed by atoms with van der Waals surface area (Å²) >= 11 is 1.05. The number of benzene rings is 1. The number of ketones is 1. The minimum Gasteiger partial charge on any atom is -0.493 e. The predicted molar refractivity (Wildman–Crippen MR) is 98.1 cm³/mol. The Morgan fingerprint density at radius 1 is 1.21 bits per heavy atom. The highest BCUT2D eigenvalue weighted by Gasteiger charge is 2.25. The van der Waals surface area contributed by atoms with Gasteiger partial charge in [-0.15, -0.1) is 0 Å². The predicted octanol–water partition coefficient (Wildman–Crippen LogP) is 4.92. The summed E-state index contributed by atoms with van der Waals surface area (Å²) < 4.78 is 5.96. The second-order valence-electron chi connectivity index (χ2n) is 6.75. The van der Waals surface area contributed by atoms with Gasteiger partial charge in [0.05, 0.1) is 17.9 Å². The van der Waals surface area contributed by atoms with Crippen LogP contribution in [0.1, 0.15) is 56.1 Å². The molecule has 1 saturated heterocycles. The van der Waals surface area contributed by atoms with Crippen LogP contribution in [0.3, 0.4) is 0 Å². The van der Waals surface area contributed by atoms with Crippen LogP contribution in [0.25, 0.3) is 6.08 Å². The van der Waals surface area contributed by atoms with E-state index in [0.29, 0.717) is 4.91 Å². The van der Waals surface area contributed by atoms with Crippen molar-refractivity contribution < 1.29 is 14.3 Å². The largest absolute Gasteiger partial charge is 0.493 e. The van der Waals surface area contributed by atoms with E-state index in [0.717, 1.165) is 47.6 Å². The smallest absolute Gasteiger partial charge is 0.201 e. The molecule has 0 bridgehead atoms. The van der Waals surface area contributed by atoms with Gasteiger partial charge in [0.25, 0.3) is 0 Å². The van der Waals surface area contributed by atoms with Crippen molar-refractivity contribution in [1.82, 2.24) is 0 Å². The quantitative estimate of drug-likeness (QED) is 0.562. The zero-order chi connectivity index (χ0) is 16.9. The van der Waals surface area contributed by atoms with Gasteiger partial charge in [0.15, 0.2) is 5.78 Å². The Balaban J connectivity index is 1.57. The molecule has 0 radical (unpaired) electrons. The van der Waals surface area contributed by atoms with Gasteiger partial charge in [-0.3, -0.25) is 9.59 Å². The van der Waals surface area contributed by atoms with Gasteiger partial charge in [-0.05, 0) is 60.4 Å². The molecule has 1 aromatic carbocycles. The van der Waals surface area contributed by atoms with Crippen LogP contribution in [-0.4, -0.2) is 17.5 Å². The molecule has 0 N–H and O–H groups in total. The maximum absolute atomic E-state index is 11.7. The molecule has 3 rings (SSSR count). The molecule has 2 aliphatic rings. The minimum atomic E-state index is -0.0736. The maximum Gasteiger partial charge on any atom is 0.201 e. The first-order valence-electron chi connectivity index (χ1n) is 8.81. The lowest BCUT2D eigenvalue weighted by atomic mass is 9.87. The molecule has 1 aliphatic heterocycles. The van der Waals surface area contributed by atoms with E-state index in [1.807, 2.05) is 25.1 Å². The molecule has 0 spiro atoms. The topological polar surface area (TPSA) is 43.4 Å². The van der Waals surface area contributed by atoms with Crippen molar-refractivity contribution in [3.05, 3.63) is 34.2 Å². The fourth-order valence-electron chi connectivity index (χ4n) is 3.43. The molecule has 1 aromatic rings. The van der Waals surface area contributed by atoms with Crippen molar-refractivity contribution in [2.24, 2.45) is 5.92 Å². The Bertz CT molecular complexity index is 657. The van der Waals surface area contributed by atoms with E-state index in [-0.39, 0.29) is 17.3 Å². The summed E-state index contributed by atoms with van der Waals surface area (Å²) in [6.45, 7) is 2.79. The fraction of sp³-hybridized carbons (Fsp3) is 0.500. The molecular formula is C20H24O3S. The SMILES string of the molecule is Cc1cc(/C=C2\SC(=O)CC2=O)ccc1OCCC1CCCCC1. The average Bonchev–Trinajstić information content (AvgIpc) is 2.88. The van der Waals surface area contributed by atoms with Gasteiger partial charge in [-0.25, -0.2) is 0 Å². The molecule has 4 heteroatoms. The third kappa shape index (κ3) is 4.50. The van der Waals surface area contributed by atoms with Gasteiger partial charge in [0.1, 0.15) is 5.75 Å². The molecule has 0 atom stereocenters. The highest BCUT2D eigenvalue weighted by Crippen LogP contribution is 2.32. The van der Waals surface area contributed by atoms with Crippen molar-refractivity contribution in [2.45, 2.75) is 51.9 Å². The van der Waals surface area contributed by atoms with Crippen molar-refractivity contribution in [1.29, 1.82) is 0 Å². The number of carbonyl (C=O) groups is 2. The van der Waals surface area contributed by atoms with E-state index < -0.39 is 0 Å². The van der Waals surface area contributed by atoms with Crippen molar-refractivity contribution in [3.8, 4) is 5.75 Å². The Hall–Kier alpha value is -1.55. The minimum absolute atomic E-state index is 0.0256. The zero-order valence-corrected chi connectivity index (χ0v) is 15.0. The standard InChI is InChI=1S/C20H24O3S/c1-14-11-16(12-19-17(21)13-20(22)24-19)7-8-18(14)23-10-9-15-5-3-2-4-6-15/h7-8,11-12,15H,2-6,9-10,13H2,1H3/b19-12-. The number of carbonyl (C=O) groups excluding carboxylic acids is 2. The van der Waals surface area contributed by atoms with E-state index in [9.17, 15) is 9.59 Å². The molecule has 3 nitrogen and oxygen atoms in total. The first kappa shape index (κ1) is 17.3. The third-order valence-corrected chi connectivity index (χ3v) is 5.75. The highest BCUT2D eigenvalue weighted by molar-refractivity contribution is 8.18. The van der Waals surface area contributed by atoms with Crippen molar-refractivity contribution in [3.63, 3.8) is 0 Å². The molecule has 0 amide bonds. The number of allylic oxidation sites excluding steroid dienone is 1. The second-order valence-corrected chi connectivity index (χ2v) is 7.85. The van der Waals surface area contributed by atoms with Crippen LogP contribution in [0.2, 0.25) is 0 Å². The van der Waals surface area contributed by atoms with E-state index >= 15 is 0 Å². The van der Waals surface area contributed by atoms with Gasteiger partial charge in [0.2, 0.25) is 5.12 Å². The van der Waals surface area contributed by atoms with Crippen molar-refractivity contribution in [2.75, 3.05) is 6.61 Å². The average molecular weight is 344 g/mol. The van der Waals surface area contributed by atoms with Gasteiger partial charge >= 0.3 is 0 Å². The molecule has 0 unspecified atom stereocenters. The van der Waals surface area contributed by atoms with Crippen LogP contribution < -0.4 is 4.74 Å². The summed E-state index contributed by atoms with van der Waals surface area (Å²) in [4.78, 5) is 23.5. The van der Waals surface area contributed by atoms with E-state index in [2.05, 4.69) is 0 Å². The highest BCUT2D eigenvalue weighted by atomic mass is 32.2. The summed E-state index contributed by atoms with van der Waals surface area (Å²) in [7, 11) is 0. The third-order valence-electron chi connectivity index (χ3n) is 4.81. The molecule has 0 aromatic heterocycles. The first-order valence-corrected chi connectivity index (χ1v) is 9.62. The molecule has 24 heavy (non-hydrogen) atoms. The van der Waals surface area contributed by atoms with Crippen molar-refractivity contribution >= 4 is 28.7 Å². The van der Waals surface area contributed by atoms with Gasteiger partial charge in [-0.1, -0.05) is 38.2 Å². The molecular weight excluding hydrogens is 320 g/mol. The van der Waals surface area contributed by atoms with Gasteiger partial charge in [-0.2, -0.15) is 0 Å². The Morgan fingerprint density at radius 2 is 2.00 bits per heavy atom. The van der Waals surface area contributed by atoms with E-state index in [4.69, 9.17) is 4.74 Å². The Kier molecular flexibility index (Phi) is 5.77. The number of hydrogen-bond donors (Lipinski definition) is 0. The molecule has 2 fully saturated rings. The van der Waals surface area contributed by atoms with Crippen LogP contribution in [-0.2, 0) is 9.59 Å². The molecule has 1 heterocycles. The maximum atomic E-state index is 11.7. The summed E-state index contributed by atoms with van der Waals surface area (Å²) in [6.07, 6.45) is 9.78. The monoisotopic (exact) mass is 344 g/mol. The number of thioether (sulfide) groups is 1. The lowest BCUT2D eigenvalue weighted by molar-refractivity contribution is -0.119. The molecule has 1 saturated carbocycles.